The van der Waals surface area contributed by atoms with Gasteiger partial charge in [-0.15, -0.1) is 0 Å². The minimum Gasteiger partial charge on any atom is -0.370 e. The largest absolute Gasteiger partial charge is 0.416 e. The molecule has 1 heterocycles. The van der Waals surface area contributed by atoms with Crippen molar-refractivity contribution in [2.45, 2.75) is 45.8 Å². The fraction of sp³-hybridized carbons (Fsp3) is 0.667. The van der Waals surface area contributed by atoms with Crippen molar-refractivity contribution in [2.75, 3.05) is 17.2 Å². The first-order chi connectivity index (χ1) is 9.81. The lowest BCUT2D eigenvalue weighted by atomic mass is 9.98. The summed E-state index contributed by atoms with van der Waals surface area (Å²) in [4.78, 5) is 4.24. The molecule has 2 rings (SSSR count). The third-order valence-electron chi connectivity index (χ3n) is 4.31. The van der Waals surface area contributed by atoms with Crippen molar-refractivity contribution in [1.29, 1.82) is 0 Å². The summed E-state index contributed by atoms with van der Waals surface area (Å²) in [6.45, 7) is 6.67. The molecule has 1 aliphatic carbocycles. The van der Waals surface area contributed by atoms with E-state index in [2.05, 4.69) is 29.5 Å². The fourth-order valence-corrected chi connectivity index (χ4v) is 2.80. The van der Waals surface area contributed by atoms with E-state index < -0.39 is 11.7 Å². The third kappa shape index (κ3) is 3.80. The molecule has 118 valence electrons. The van der Waals surface area contributed by atoms with E-state index in [1.807, 2.05) is 6.92 Å². The molecule has 2 N–H and O–H groups in total. The second-order valence-corrected chi connectivity index (χ2v) is 5.82. The smallest absolute Gasteiger partial charge is 0.370 e. The molecule has 3 nitrogen and oxygen atoms in total. The molecule has 21 heavy (non-hydrogen) atoms. The SMILES string of the molecule is CCNc1cc(C(F)(F)F)cc(NC2CCC(C)C2C)n1. The standard InChI is InChI=1S/C15H22F3N3/c1-4-19-13-7-11(15(16,17)18)8-14(21-13)20-12-6-5-9(2)10(12)3/h7-10,12H,4-6H2,1-3H3,(H2,19,20,21). The molecule has 1 aromatic rings. The Bertz CT molecular complexity index is 488. The van der Waals surface area contributed by atoms with Crippen LogP contribution in [-0.4, -0.2) is 17.6 Å². The van der Waals surface area contributed by atoms with Crippen molar-refractivity contribution in [3.63, 3.8) is 0 Å². The number of hydrogen-bond acceptors (Lipinski definition) is 3. The van der Waals surface area contributed by atoms with Crippen molar-refractivity contribution in [1.82, 2.24) is 4.98 Å². The molecule has 3 atom stereocenters. The van der Waals surface area contributed by atoms with E-state index in [0.717, 1.165) is 25.0 Å². The average Bonchev–Trinajstić information content (AvgIpc) is 2.70. The highest BCUT2D eigenvalue weighted by Crippen LogP contribution is 2.35. The number of alkyl halides is 3. The molecule has 0 radical (unpaired) electrons. The molecular weight excluding hydrogens is 279 g/mol. The summed E-state index contributed by atoms with van der Waals surface area (Å²) in [6, 6.07) is 2.33. The normalized spacial score (nSPS) is 25.9. The summed E-state index contributed by atoms with van der Waals surface area (Å²) in [6.07, 6.45) is -2.30. The van der Waals surface area contributed by atoms with Gasteiger partial charge in [0.2, 0.25) is 0 Å². The van der Waals surface area contributed by atoms with Crippen LogP contribution in [0.3, 0.4) is 0 Å². The molecule has 0 aliphatic heterocycles. The second kappa shape index (κ2) is 6.12. The molecule has 1 saturated carbocycles. The highest BCUT2D eigenvalue weighted by Gasteiger charge is 2.33. The molecular formula is C15H22F3N3. The number of hydrogen-bond donors (Lipinski definition) is 2. The molecule has 0 spiro atoms. The number of halogens is 3. The average molecular weight is 301 g/mol. The van der Waals surface area contributed by atoms with E-state index >= 15 is 0 Å². The maximum atomic E-state index is 13.0. The van der Waals surface area contributed by atoms with Crippen LogP contribution in [0.15, 0.2) is 12.1 Å². The van der Waals surface area contributed by atoms with Gasteiger partial charge >= 0.3 is 6.18 Å². The summed E-state index contributed by atoms with van der Waals surface area (Å²) < 4.78 is 38.9. The zero-order valence-electron chi connectivity index (χ0n) is 12.6. The van der Waals surface area contributed by atoms with Crippen LogP contribution in [-0.2, 0) is 6.18 Å². The first-order valence-corrected chi connectivity index (χ1v) is 7.41. The third-order valence-corrected chi connectivity index (χ3v) is 4.31. The number of aromatic nitrogens is 1. The molecule has 0 bridgehead atoms. The van der Waals surface area contributed by atoms with Crippen LogP contribution in [0.5, 0.6) is 0 Å². The van der Waals surface area contributed by atoms with E-state index in [0.29, 0.717) is 24.2 Å². The van der Waals surface area contributed by atoms with E-state index in [1.54, 1.807) is 0 Å². The van der Waals surface area contributed by atoms with Crippen molar-refractivity contribution in [2.24, 2.45) is 11.8 Å². The predicted molar refractivity (Wildman–Crippen MR) is 78.4 cm³/mol. The van der Waals surface area contributed by atoms with Gasteiger partial charge in [-0.05, 0) is 43.7 Å². The second-order valence-electron chi connectivity index (χ2n) is 5.82. The van der Waals surface area contributed by atoms with Gasteiger partial charge in [-0.1, -0.05) is 13.8 Å². The predicted octanol–water partition coefficient (Wildman–Crippen LogP) is 4.38. The van der Waals surface area contributed by atoms with E-state index in [9.17, 15) is 13.2 Å². The molecule has 6 heteroatoms. The van der Waals surface area contributed by atoms with Gasteiger partial charge in [-0.3, -0.25) is 0 Å². The van der Waals surface area contributed by atoms with Crippen LogP contribution in [0.4, 0.5) is 24.8 Å². The Morgan fingerprint density at radius 3 is 2.38 bits per heavy atom. The summed E-state index contributed by atoms with van der Waals surface area (Å²) >= 11 is 0. The van der Waals surface area contributed by atoms with Crippen molar-refractivity contribution in [3.8, 4) is 0 Å². The van der Waals surface area contributed by atoms with E-state index in [1.165, 1.54) is 0 Å². The van der Waals surface area contributed by atoms with Gasteiger partial charge in [0.05, 0.1) is 5.56 Å². The minimum atomic E-state index is -4.36. The monoisotopic (exact) mass is 301 g/mol. The zero-order valence-corrected chi connectivity index (χ0v) is 12.6. The zero-order chi connectivity index (χ0) is 15.6. The van der Waals surface area contributed by atoms with Crippen LogP contribution in [0.2, 0.25) is 0 Å². The number of pyridine rings is 1. The summed E-state index contributed by atoms with van der Waals surface area (Å²) in [5, 5.41) is 6.04. The number of rotatable bonds is 4. The van der Waals surface area contributed by atoms with Crippen LogP contribution in [0, 0.1) is 11.8 Å². The Balaban J connectivity index is 2.24. The lowest BCUT2D eigenvalue weighted by Gasteiger charge is -2.21. The molecule has 1 fully saturated rings. The molecule has 1 aliphatic rings. The lowest BCUT2D eigenvalue weighted by molar-refractivity contribution is -0.137. The highest BCUT2D eigenvalue weighted by atomic mass is 19.4. The van der Waals surface area contributed by atoms with Gasteiger partial charge in [0.1, 0.15) is 11.6 Å². The van der Waals surface area contributed by atoms with Gasteiger partial charge in [0.25, 0.3) is 0 Å². The first kappa shape index (κ1) is 15.9. The summed E-state index contributed by atoms with van der Waals surface area (Å²) in [7, 11) is 0. The summed E-state index contributed by atoms with van der Waals surface area (Å²) in [5.74, 6) is 1.57. The fourth-order valence-electron chi connectivity index (χ4n) is 2.80. The molecule has 0 saturated heterocycles. The van der Waals surface area contributed by atoms with E-state index in [-0.39, 0.29) is 11.9 Å². The molecule has 3 unspecified atom stereocenters. The van der Waals surface area contributed by atoms with Crippen LogP contribution in [0.1, 0.15) is 39.2 Å². The highest BCUT2D eigenvalue weighted by molar-refractivity contribution is 5.50. The first-order valence-electron chi connectivity index (χ1n) is 7.41. The van der Waals surface area contributed by atoms with Crippen LogP contribution < -0.4 is 10.6 Å². The van der Waals surface area contributed by atoms with Crippen LogP contribution in [0.25, 0.3) is 0 Å². The van der Waals surface area contributed by atoms with Crippen molar-refractivity contribution < 1.29 is 13.2 Å². The Labute approximate surface area is 123 Å². The Morgan fingerprint density at radius 2 is 1.86 bits per heavy atom. The maximum Gasteiger partial charge on any atom is 0.416 e. The van der Waals surface area contributed by atoms with Gasteiger partial charge < -0.3 is 10.6 Å². The lowest BCUT2D eigenvalue weighted by Crippen LogP contribution is -2.25. The Hall–Kier alpha value is -1.46. The van der Waals surface area contributed by atoms with Crippen molar-refractivity contribution in [3.05, 3.63) is 17.7 Å². The maximum absolute atomic E-state index is 13.0. The van der Waals surface area contributed by atoms with Gasteiger partial charge in [-0.25, -0.2) is 4.98 Å². The minimum absolute atomic E-state index is 0.186. The van der Waals surface area contributed by atoms with E-state index in [4.69, 9.17) is 0 Å². The topological polar surface area (TPSA) is 37.0 Å². The number of anilines is 2. The molecule has 0 amide bonds. The number of nitrogens with zero attached hydrogens (tertiary/aromatic N) is 1. The molecule has 0 aromatic carbocycles. The quantitative estimate of drug-likeness (QED) is 0.866. The van der Waals surface area contributed by atoms with Gasteiger partial charge in [0, 0.05) is 12.6 Å². The number of nitrogens with one attached hydrogen (secondary N) is 2. The Morgan fingerprint density at radius 1 is 1.19 bits per heavy atom. The van der Waals surface area contributed by atoms with Gasteiger partial charge in [0.15, 0.2) is 0 Å². The van der Waals surface area contributed by atoms with Gasteiger partial charge in [-0.2, -0.15) is 13.2 Å². The summed E-state index contributed by atoms with van der Waals surface area (Å²) in [5.41, 5.74) is -0.672. The van der Waals surface area contributed by atoms with Crippen LogP contribution >= 0.6 is 0 Å². The Kier molecular flexibility index (Phi) is 4.64. The van der Waals surface area contributed by atoms with Crippen molar-refractivity contribution >= 4 is 11.6 Å². The molecule has 1 aromatic heterocycles.